The molecule has 3 nitrogen and oxygen atoms in total. The molecule has 0 aliphatic heterocycles. The fourth-order valence-electron chi connectivity index (χ4n) is 2.06. The minimum absolute atomic E-state index is 0. The van der Waals surface area contributed by atoms with E-state index in [1.807, 2.05) is 30.1 Å². The summed E-state index contributed by atoms with van der Waals surface area (Å²) >= 11 is 0. The van der Waals surface area contributed by atoms with Crippen molar-refractivity contribution < 1.29 is 4.79 Å². The summed E-state index contributed by atoms with van der Waals surface area (Å²) < 4.78 is 0. The van der Waals surface area contributed by atoms with Crippen LogP contribution < -0.4 is 5.32 Å². The SMILES string of the molecule is CNCCC(=O)N(CCc1ccccc1)CC(C)C.Cl. The van der Waals surface area contributed by atoms with Crippen LogP contribution in [0, 0.1) is 5.92 Å². The molecule has 114 valence electrons. The lowest BCUT2D eigenvalue weighted by atomic mass is 10.1. The predicted octanol–water partition coefficient (Wildman–Crippen LogP) is 2.75. The molecule has 1 rings (SSSR count). The van der Waals surface area contributed by atoms with Crippen molar-refractivity contribution in [3.63, 3.8) is 0 Å². The molecular formula is C16H27ClN2O. The number of rotatable bonds is 8. The van der Waals surface area contributed by atoms with Crippen LogP contribution >= 0.6 is 12.4 Å². The third kappa shape index (κ3) is 7.51. The number of hydrogen-bond acceptors (Lipinski definition) is 2. The first-order valence-electron chi connectivity index (χ1n) is 7.09. The molecule has 0 spiro atoms. The summed E-state index contributed by atoms with van der Waals surface area (Å²) in [4.78, 5) is 14.1. The first kappa shape index (κ1) is 18.9. The van der Waals surface area contributed by atoms with Gasteiger partial charge in [-0.05, 0) is 24.9 Å². The van der Waals surface area contributed by atoms with Gasteiger partial charge in [-0.3, -0.25) is 4.79 Å². The molecule has 0 aliphatic rings. The van der Waals surface area contributed by atoms with Crippen molar-refractivity contribution in [3.05, 3.63) is 35.9 Å². The molecule has 0 saturated carbocycles. The van der Waals surface area contributed by atoms with Gasteiger partial charge in [-0.25, -0.2) is 0 Å². The van der Waals surface area contributed by atoms with Crippen LogP contribution in [0.5, 0.6) is 0 Å². The van der Waals surface area contributed by atoms with Crippen LogP contribution in [0.15, 0.2) is 30.3 Å². The second-order valence-electron chi connectivity index (χ2n) is 5.32. The van der Waals surface area contributed by atoms with Gasteiger partial charge in [0.1, 0.15) is 0 Å². The zero-order valence-corrected chi connectivity index (χ0v) is 13.6. The van der Waals surface area contributed by atoms with Crippen LogP contribution in [0.1, 0.15) is 25.8 Å². The van der Waals surface area contributed by atoms with Crippen molar-refractivity contribution >= 4 is 18.3 Å². The van der Waals surface area contributed by atoms with E-state index in [4.69, 9.17) is 0 Å². The van der Waals surface area contributed by atoms with Crippen molar-refractivity contribution in [2.24, 2.45) is 5.92 Å². The Labute approximate surface area is 129 Å². The summed E-state index contributed by atoms with van der Waals surface area (Å²) in [5, 5.41) is 3.03. The van der Waals surface area contributed by atoms with Gasteiger partial charge in [0.05, 0.1) is 0 Å². The van der Waals surface area contributed by atoms with Crippen LogP contribution in [0.4, 0.5) is 0 Å². The van der Waals surface area contributed by atoms with E-state index in [9.17, 15) is 4.79 Å². The van der Waals surface area contributed by atoms with E-state index in [0.29, 0.717) is 12.3 Å². The Bertz CT molecular complexity index is 368. The van der Waals surface area contributed by atoms with Crippen molar-refractivity contribution in [1.29, 1.82) is 0 Å². The lowest BCUT2D eigenvalue weighted by Crippen LogP contribution is -2.37. The lowest BCUT2D eigenvalue weighted by molar-refractivity contribution is -0.131. The largest absolute Gasteiger partial charge is 0.342 e. The molecule has 0 bridgehead atoms. The number of hydrogen-bond donors (Lipinski definition) is 1. The van der Waals surface area contributed by atoms with E-state index in [0.717, 1.165) is 26.1 Å². The molecule has 0 fully saturated rings. The van der Waals surface area contributed by atoms with E-state index in [1.54, 1.807) is 0 Å². The number of benzene rings is 1. The van der Waals surface area contributed by atoms with E-state index in [1.165, 1.54) is 5.56 Å². The normalized spacial score (nSPS) is 10.2. The minimum atomic E-state index is 0. The van der Waals surface area contributed by atoms with Gasteiger partial charge >= 0.3 is 0 Å². The second kappa shape index (κ2) is 10.7. The summed E-state index contributed by atoms with van der Waals surface area (Å²) in [6, 6.07) is 10.3. The summed E-state index contributed by atoms with van der Waals surface area (Å²) in [7, 11) is 1.88. The molecule has 0 atom stereocenters. The Morgan fingerprint density at radius 2 is 1.90 bits per heavy atom. The molecule has 0 aromatic heterocycles. The van der Waals surface area contributed by atoms with Crippen molar-refractivity contribution in [2.75, 3.05) is 26.7 Å². The Morgan fingerprint density at radius 3 is 2.45 bits per heavy atom. The van der Waals surface area contributed by atoms with Gasteiger partial charge in [-0.2, -0.15) is 0 Å². The minimum Gasteiger partial charge on any atom is -0.342 e. The molecule has 1 amide bonds. The van der Waals surface area contributed by atoms with Crippen LogP contribution in [0.2, 0.25) is 0 Å². The number of carbonyl (C=O) groups is 1. The Morgan fingerprint density at radius 1 is 1.25 bits per heavy atom. The van der Waals surface area contributed by atoms with Crippen molar-refractivity contribution in [3.8, 4) is 0 Å². The van der Waals surface area contributed by atoms with E-state index in [-0.39, 0.29) is 18.3 Å². The van der Waals surface area contributed by atoms with Gasteiger partial charge < -0.3 is 10.2 Å². The van der Waals surface area contributed by atoms with E-state index < -0.39 is 0 Å². The average Bonchev–Trinajstić information content (AvgIpc) is 2.41. The molecule has 20 heavy (non-hydrogen) atoms. The molecule has 1 aromatic rings. The second-order valence-corrected chi connectivity index (χ2v) is 5.32. The summed E-state index contributed by atoms with van der Waals surface area (Å²) in [5.74, 6) is 0.758. The third-order valence-electron chi connectivity index (χ3n) is 3.04. The fraction of sp³-hybridized carbons (Fsp3) is 0.562. The maximum atomic E-state index is 12.1. The van der Waals surface area contributed by atoms with Crippen molar-refractivity contribution in [1.82, 2.24) is 10.2 Å². The van der Waals surface area contributed by atoms with Crippen LogP contribution in [-0.2, 0) is 11.2 Å². The highest BCUT2D eigenvalue weighted by molar-refractivity contribution is 5.85. The molecule has 0 saturated heterocycles. The number of nitrogens with one attached hydrogen (secondary N) is 1. The zero-order chi connectivity index (χ0) is 14.1. The molecule has 0 heterocycles. The topological polar surface area (TPSA) is 32.3 Å². The molecule has 1 aromatic carbocycles. The highest BCUT2D eigenvalue weighted by Crippen LogP contribution is 2.06. The smallest absolute Gasteiger partial charge is 0.223 e. The monoisotopic (exact) mass is 298 g/mol. The molecule has 4 heteroatoms. The first-order valence-corrected chi connectivity index (χ1v) is 7.09. The third-order valence-corrected chi connectivity index (χ3v) is 3.04. The molecule has 1 N–H and O–H groups in total. The van der Waals surface area contributed by atoms with Gasteiger partial charge in [0.15, 0.2) is 0 Å². The van der Waals surface area contributed by atoms with Crippen LogP contribution in [-0.4, -0.2) is 37.5 Å². The van der Waals surface area contributed by atoms with Gasteiger partial charge in [-0.15, -0.1) is 12.4 Å². The van der Waals surface area contributed by atoms with Gasteiger partial charge in [-0.1, -0.05) is 44.2 Å². The predicted molar refractivity (Wildman–Crippen MR) is 87.4 cm³/mol. The van der Waals surface area contributed by atoms with E-state index in [2.05, 4.69) is 31.3 Å². The summed E-state index contributed by atoms with van der Waals surface area (Å²) in [6.45, 7) is 6.71. The highest BCUT2D eigenvalue weighted by atomic mass is 35.5. The Balaban J connectivity index is 0.00000361. The average molecular weight is 299 g/mol. The standard InChI is InChI=1S/C16H26N2O.ClH/c1-14(2)13-18(16(19)9-11-17-3)12-10-15-7-5-4-6-8-15;/h4-8,14,17H,9-13H2,1-3H3;1H. The number of amides is 1. The molecule has 0 aliphatic carbocycles. The van der Waals surface area contributed by atoms with Gasteiger partial charge in [0.2, 0.25) is 5.91 Å². The maximum absolute atomic E-state index is 12.1. The molecular weight excluding hydrogens is 272 g/mol. The fourth-order valence-corrected chi connectivity index (χ4v) is 2.06. The molecule has 0 unspecified atom stereocenters. The Hall–Kier alpha value is -1.06. The first-order chi connectivity index (χ1) is 9.13. The zero-order valence-electron chi connectivity index (χ0n) is 12.8. The quantitative estimate of drug-likeness (QED) is 0.800. The lowest BCUT2D eigenvalue weighted by Gasteiger charge is -2.24. The highest BCUT2D eigenvalue weighted by Gasteiger charge is 2.14. The number of nitrogens with zero attached hydrogens (tertiary/aromatic N) is 1. The number of halogens is 1. The maximum Gasteiger partial charge on any atom is 0.223 e. The van der Waals surface area contributed by atoms with Crippen LogP contribution in [0.25, 0.3) is 0 Å². The number of carbonyl (C=O) groups excluding carboxylic acids is 1. The Kier molecular flexibility index (Phi) is 10.1. The molecule has 0 radical (unpaired) electrons. The van der Waals surface area contributed by atoms with Crippen LogP contribution in [0.3, 0.4) is 0 Å². The van der Waals surface area contributed by atoms with E-state index >= 15 is 0 Å². The van der Waals surface area contributed by atoms with Crippen molar-refractivity contribution in [2.45, 2.75) is 26.7 Å². The van der Waals surface area contributed by atoms with Gasteiger partial charge in [0.25, 0.3) is 0 Å². The summed E-state index contributed by atoms with van der Waals surface area (Å²) in [6.07, 6.45) is 1.51. The summed E-state index contributed by atoms with van der Waals surface area (Å²) in [5.41, 5.74) is 1.29. The van der Waals surface area contributed by atoms with Gasteiger partial charge in [0, 0.05) is 26.1 Å².